The van der Waals surface area contributed by atoms with Gasteiger partial charge in [-0.3, -0.25) is 4.79 Å². The summed E-state index contributed by atoms with van der Waals surface area (Å²) in [6.45, 7) is 1.05. The molecule has 0 unspecified atom stereocenters. The van der Waals surface area contributed by atoms with Gasteiger partial charge in [-0.1, -0.05) is 11.6 Å². The summed E-state index contributed by atoms with van der Waals surface area (Å²) in [5, 5.41) is 11.8. The highest BCUT2D eigenvalue weighted by Crippen LogP contribution is 2.23. The monoisotopic (exact) mass is 289 g/mol. The number of aromatic nitrogens is 2. The number of nitrogens with two attached hydrogens (primary N) is 1. The van der Waals surface area contributed by atoms with Crippen LogP contribution in [0.3, 0.4) is 0 Å². The zero-order valence-corrected chi connectivity index (χ0v) is 11.3. The minimum atomic E-state index is -0.391. The Labute approximate surface area is 120 Å². The standard InChI is InChI=1S/C13H12ClN5O/c14-10-2-1-9(6-16)5-11(10)18-13(20)12-7-19(4-3-15)8-17-12/h1-2,5,7-8H,3-4,15H2,(H,18,20). The first-order valence-corrected chi connectivity index (χ1v) is 6.24. The predicted octanol–water partition coefficient (Wildman–Crippen LogP) is 1.62. The van der Waals surface area contributed by atoms with E-state index in [-0.39, 0.29) is 5.69 Å². The number of halogens is 1. The zero-order chi connectivity index (χ0) is 14.5. The molecule has 0 fully saturated rings. The average molecular weight is 290 g/mol. The van der Waals surface area contributed by atoms with Crippen molar-refractivity contribution >= 4 is 23.2 Å². The molecule has 2 aromatic rings. The molecule has 6 nitrogen and oxygen atoms in total. The van der Waals surface area contributed by atoms with Crippen LogP contribution in [0.5, 0.6) is 0 Å². The molecule has 102 valence electrons. The second kappa shape index (κ2) is 6.19. The van der Waals surface area contributed by atoms with E-state index in [1.165, 1.54) is 12.4 Å². The highest BCUT2D eigenvalue weighted by Gasteiger charge is 2.12. The van der Waals surface area contributed by atoms with Crippen LogP contribution in [0, 0.1) is 11.3 Å². The number of nitrogens with zero attached hydrogens (tertiary/aromatic N) is 3. The summed E-state index contributed by atoms with van der Waals surface area (Å²) in [6.07, 6.45) is 3.14. The molecule has 0 saturated heterocycles. The van der Waals surface area contributed by atoms with E-state index in [2.05, 4.69) is 10.3 Å². The van der Waals surface area contributed by atoms with Gasteiger partial charge in [-0.15, -0.1) is 0 Å². The Morgan fingerprint density at radius 3 is 3.05 bits per heavy atom. The molecule has 1 aromatic carbocycles. The molecule has 0 aliphatic carbocycles. The fourth-order valence-electron chi connectivity index (χ4n) is 1.63. The van der Waals surface area contributed by atoms with Gasteiger partial charge in [0.25, 0.3) is 5.91 Å². The van der Waals surface area contributed by atoms with Crippen molar-refractivity contribution < 1.29 is 4.79 Å². The van der Waals surface area contributed by atoms with Gasteiger partial charge in [0, 0.05) is 19.3 Å². The molecule has 1 amide bonds. The van der Waals surface area contributed by atoms with Crippen molar-refractivity contribution in [3.63, 3.8) is 0 Å². The minimum Gasteiger partial charge on any atom is -0.335 e. The van der Waals surface area contributed by atoms with Crippen LogP contribution in [0.2, 0.25) is 5.02 Å². The Bertz CT molecular complexity index is 674. The molecule has 1 aromatic heterocycles. The first kappa shape index (κ1) is 14.1. The summed E-state index contributed by atoms with van der Waals surface area (Å²) < 4.78 is 1.72. The van der Waals surface area contributed by atoms with E-state index in [4.69, 9.17) is 22.6 Å². The summed E-state index contributed by atoms with van der Waals surface area (Å²) in [5.74, 6) is -0.391. The molecule has 0 spiro atoms. The maximum atomic E-state index is 12.0. The minimum absolute atomic E-state index is 0.261. The number of amides is 1. The number of imidazole rings is 1. The van der Waals surface area contributed by atoms with Gasteiger partial charge in [-0.25, -0.2) is 4.98 Å². The fraction of sp³-hybridized carbons (Fsp3) is 0.154. The summed E-state index contributed by atoms with van der Waals surface area (Å²) in [4.78, 5) is 16.0. The fourth-order valence-corrected chi connectivity index (χ4v) is 1.79. The number of hydrogen-bond donors (Lipinski definition) is 2. The van der Waals surface area contributed by atoms with Gasteiger partial charge in [0.1, 0.15) is 5.69 Å². The number of rotatable bonds is 4. The predicted molar refractivity (Wildman–Crippen MR) is 75.4 cm³/mol. The summed E-state index contributed by atoms with van der Waals surface area (Å²) >= 11 is 5.97. The topological polar surface area (TPSA) is 96.7 Å². The second-order valence-corrected chi connectivity index (χ2v) is 4.45. The van der Waals surface area contributed by atoms with E-state index in [1.807, 2.05) is 6.07 Å². The van der Waals surface area contributed by atoms with Crippen LogP contribution in [0.25, 0.3) is 0 Å². The van der Waals surface area contributed by atoms with Crippen LogP contribution in [-0.4, -0.2) is 22.0 Å². The maximum Gasteiger partial charge on any atom is 0.275 e. The Balaban J connectivity index is 2.16. The molecule has 0 radical (unpaired) electrons. The number of carbonyl (C=O) groups is 1. The largest absolute Gasteiger partial charge is 0.335 e. The van der Waals surface area contributed by atoms with Crippen LogP contribution in [0.1, 0.15) is 16.1 Å². The van der Waals surface area contributed by atoms with Crippen molar-refractivity contribution in [3.05, 3.63) is 47.0 Å². The van der Waals surface area contributed by atoms with Crippen molar-refractivity contribution in [2.75, 3.05) is 11.9 Å². The average Bonchev–Trinajstić information content (AvgIpc) is 2.90. The molecule has 0 aliphatic heterocycles. The molecular weight excluding hydrogens is 278 g/mol. The number of benzene rings is 1. The van der Waals surface area contributed by atoms with Crippen molar-refractivity contribution in [3.8, 4) is 6.07 Å². The SMILES string of the molecule is N#Cc1ccc(Cl)c(NC(=O)c2cn(CCN)cn2)c1. The lowest BCUT2D eigenvalue weighted by molar-refractivity contribution is 0.102. The third kappa shape index (κ3) is 3.15. The number of hydrogen-bond acceptors (Lipinski definition) is 4. The Kier molecular flexibility index (Phi) is 4.35. The van der Waals surface area contributed by atoms with Gasteiger partial charge >= 0.3 is 0 Å². The molecule has 0 bridgehead atoms. The van der Waals surface area contributed by atoms with E-state index in [1.54, 1.807) is 22.9 Å². The summed E-state index contributed by atoms with van der Waals surface area (Å²) in [6, 6.07) is 6.63. The van der Waals surface area contributed by atoms with Crippen LogP contribution >= 0.6 is 11.6 Å². The van der Waals surface area contributed by atoms with Crippen LogP contribution in [-0.2, 0) is 6.54 Å². The molecule has 3 N–H and O–H groups in total. The van der Waals surface area contributed by atoms with Crippen molar-refractivity contribution in [2.45, 2.75) is 6.54 Å². The molecule has 0 saturated carbocycles. The highest BCUT2D eigenvalue weighted by molar-refractivity contribution is 6.33. The van der Waals surface area contributed by atoms with Gasteiger partial charge in [0.05, 0.1) is 28.7 Å². The molecule has 7 heteroatoms. The molecule has 0 aliphatic rings. The second-order valence-electron chi connectivity index (χ2n) is 4.05. The highest BCUT2D eigenvalue weighted by atomic mass is 35.5. The molecule has 0 atom stereocenters. The summed E-state index contributed by atoms with van der Waals surface area (Å²) in [5.41, 5.74) is 6.48. The maximum absolute atomic E-state index is 12.0. The van der Waals surface area contributed by atoms with E-state index in [0.717, 1.165) is 0 Å². The van der Waals surface area contributed by atoms with E-state index in [9.17, 15) is 4.79 Å². The third-order valence-electron chi connectivity index (χ3n) is 2.60. The molecular formula is C13H12ClN5O. The first-order valence-electron chi connectivity index (χ1n) is 5.87. The number of nitriles is 1. The molecule has 2 rings (SSSR count). The number of anilines is 1. The zero-order valence-electron chi connectivity index (χ0n) is 10.5. The third-order valence-corrected chi connectivity index (χ3v) is 2.93. The van der Waals surface area contributed by atoms with E-state index >= 15 is 0 Å². The van der Waals surface area contributed by atoms with Gasteiger partial charge in [-0.05, 0) is 18.2 Å². The van der Waals surface area contributed by atoms with Crippen molar-refractivity contribution in [2.24, 2.45) is 5.73 Å². The molecule has 1 heterocycles. The van der Waals surface area contributed by atoms with E-state index in [0.29, 0.717) is 29.4 Å². The lowest BCUT2D eigenvalue weighted by Gasteiger charge is -2.05. The Morgan fingerprint density at radius 1 is 1.55 bits per heavy atom. The number of nitrogens with one attached hydrogen (secondary N) is 1. The van der Waals surface area contributed by atoms with Crippen molar-refractivity contribution in [1.82, 2.24) is 9.55 Å². The van der Waals surface area contributed by atoms with Crippen molar-refractivity contribution in [1.29, 1.82) is 5.26 Å². The smallest absolute Gasteiger partial charge is 0.275 e. The molecule has 20 heavy (non-hydrogen) atoms. The summed E-state index contributed by atoms with van der Waals surface area (Å²) in [7, 11) is 0. The van der Waals surface area contributed by atoms with Crippen LogP contribution in [0.15, 0.2) is 30.7 Å². The normalized spacial score (nSPS) is 10.1. The Morgan fingerprint density at radius 2 is 2.35 bits per heavy atom. The van der Waals surface area contributed by atoms with Gasteiger partial charge in [0.15, 0.2) is 0 Å². The van der Waals surface area contributed by atoms with Gasteiger partial charge in [-0.2, -0.15) is 5.26 Å². The first-order chi connectivity index (χ1) is 9.63. The lowest BCUT2D eigenvalue weighted by Crippen LogP contribution is -2.13. The van der Waals surface area contributed by atoms with Gasteiger partial charge in [0.2, 0.25) is 0 Å². The Hall–Kier alpha value is -2.36. The quantitative estimate of drug-likeness (QED) is 0.894. The van der Waals surface area contributed by atoms with E-state index < -0.39 is 5.91 Å². The van der Waals surface area contributed by atoms with Crippen LogP contribution in [0.4, 0.5) is 5.69 Å². The lowest BCUT2D eigenvalue weighted by atomic mass is 10.2. The van der Waals surface area contributed by atoms with Gasteiger partial charge < -0.3 is 15.6 Å². The van der Waals surface area contributed by atoms with Crippen LogP contribution < -0.4 is 11.1 Å². The number of carbonyl (C=O) groups excluding carboxylic acids is 1.